The number of aryl methyl sites for hydroxylation is 2. The molecule has 0 aliphatic heterocycles. The van der Waals surface area contributed by atoms with Gasteiger partial charge in [0.05, 0.1) is 11.9 Å². The molecule has 0 aliphatic rings. The van der Waals surface area contributed by atoms with Gasteiger partial charge in [0, 0.05) is 13.1 Å². The van der Waals surface area contributed by atoms with Gasteiger partial charge < -0.3 is 10.2 Å². The topological polar surface area (TPSA) is 86.8 Å². The van der Waals surface area contributed by atoms with Gasteiger partial charge in [0.2, 0.25) is 21.8 Å². The maximum Gasteiger partial charge on any atom is 0.244 e. The predicted molar refractivity (Wildman–Crippen MR) is 123 cm³/mol. The highest BCUT2D eigenvalue weighted by molar-refractivity contribution is 7.92. The van der Waals surface area contributed by atoms with Crippen molar-refractivity contribution in [3.8, 4) is 0 Å². The number of likely N-dealkylation sites (N-methyl/N-ethyl adjacent to an activating group) is 1. The quantitative estimate of drug-likeness (QED) is 0.620. The van der Waals surface area contributed by atoms with Crippen LogP contribution in [0, 0.1) is 19.7 Å². The molecule has 32 heavy (non-hydrogen) atoms. The highest BCUT2D eigenvalue weighted by Gasteiger charge is 2.30. The second-order valence-electron chi connectivity index (χ2n) is 7.73. The maximum absolute atomic E-state index is 13.4. The summed E-state index contributed by atoms with van der Waals surface area (Å²) in [4.78, 5) is 27.2. The lowest BCUT2D eigenvalue weighted by atomic mass is 10.1. The van der Waals surface area contributed by atoms with E-state index in [0.717, 1.165) is 10.6 Å². The van der Waals surface area contributed by atoms with Crippen LogP contribution in [0.25, 0.3) is 0 Å². The Balaban J connectivity index is 2.43. The van der Waals surface area contributed by atoms with Crippen molar-refractivity contribution in [2.75, 3.05) is 23.7 Å². The van der Waals surface area contributed by atoms with E-state index in [0.29, 0.717) is 28.9 Å². The highest BCUT2D eigenvalue weighted by Crippen LogP contribution is 2.27. The molecule has 0 saturated heterocycles. The van der Waals surface area contributed by atoms with Gasteiger partial charge >= 0.3 is 0 Å². The number of amides is 2. The average molecular weight is 464 g/mol. The number of carbonyl (C=O) groups excluding carboxylic acids is 2. The Morgan fingerprint density at radius 3 is 2.12 bits per heavy atom. The van der Waals surface area contributed by atoms with Crippen molar-refractivity contribution < 1.29 is 22.4 Å². The van der Waals surface area contributed by atoms with Gasteiger partial charge in [0.1, 0.15) is 18.4 Å². The van der Waals surface area contributed by atoms with Crippen molar-refractivity contribution in [2.45, 2.75) is 40.3 Å². The second kappa shape index (κ2) is 10.6. The molecule has 2 aromatic rings. The molecule has 1 atom stereocenters. The number of carbonyl (C=O) groups is 2. The van der Waals surface area contributed by atoms with Crippen LogP contribution >= 0.6 is 0 Å². The Labute approximate surface area is 189 Å². The molecule has 0 bridgehead atoms. The van der Waals surface area contributed by atoms with Crippen molar-refractivity contribution >= 4 is 27.5 Å². The van der Waals surface area contributed by atoms with E-state index in [-0.39, 0.29) is 12.5 Å². The van der Waals surface area contributed by atoms with Crippen LogP contribution in [-0.2, 0) is 26.2 Å². The Morgan fingerprint density at radius 1 is 1.06 bits per heavy atom. The SMILES string of the molecule is CCNC(=O)C(C)N(Cc1ccc(F)cc1)C(=O)CN(c1c(C)cccc1C)S(C)(=O)=O. The van der Waals surface area contributed by atoms with Gasteiger partial charge in [0.25, 0.3) is 0 Å². The monoisotopic (exact) mass is 463 g/mol. The molecule has 2 amide bonds. The molecule has 9 heteroatoms. The normalized spacial score (nSPS) is 12.2. The summed E-state index contributed by atoms with van der Waals surface area (Å²) in [6, 6.07) is 10.1. The van der Waals surface area contributed by atoms with Crippen molar-refractivity contribution in [1.82, 2.24) is 10.2 Å². The number of anilines is 1. The molecule has 0 fully saturated rings. The molecule has 0 saturated carbocycles. The summed E-state index contributed by atoms with van der Waals surface area (Å²) in [6.45, 7) is 6.85. The Morgan fingerprint density at radius 2 is 1.62 bits per heavy atom. The lowest BCUT2D eigenvalue weighted by Gasteiger charge is -2.32. The number of para-hydroxylation sites is 1. The van der Waals surface area contributed by atoms with Crippen LogP contribution in [0.2, 0.25) is 0 Å². The molecule has 0 radical (unpaired) electrons. The predicted octanol–water partition coefficient (Wildman–Crippen LogP) is 2.76. The molecule has 0 aromatic heterocycles. The molecule has 7 nitrogen and oxygen atoms in total. The van der Waals surface area contributed by atoms with Crippen LogP contribution in [0.1, 0.15) is 30.5 Å². The van der Waals surface area contributed by atoms with Gasteiger partial charge in [-0.1, -0.05) is 30.3 Å². The number of nitrogens with one attached hydrogen (secondary N) is 1. The maximum atomic E-state index is 13.4. The van der Waals surface area contributed by atoms with E-state index in [1.54, 1.807) is 39.8 Å². The van der Waals surface area contributed by atoms with Crippen molar-refractivity contribution in [3.05, 3.63) is 65.0 Å². The first-order valence-electron chi connectivity index (χ1n) is 10.3. The first-order valence-corrected chi connectivity index (χ1v) is 12.2. The highest BCUT2D eigenvalue weighted by atomic mass is 32.2. The molecule has 0 heterocycles. The molecule has 0 aliphatic carbocycles. The van der Waals surface area contributed by atoms with Gasteiger partial charge in [-0.15, -0.1) is 0 Å². The summed E-state index contributed by atoms with van der Waals surface area (Å²) >= 11 is 0. The molecular weight excluding hydrogens is 433 g/mol. The van der Waals surface area contributed by atoms with Crippen LogP contribution in [0.15, 0.2) is 42.5 Å². The van der Waals surface area contributed by atoms with Gasteiger partial charge in [-0.2, -0.15) is 0 Å². The summed E-state index contributed by atoms with van der Waals surface area (Å²) in [5.74, 6) is -1.32. The zero-order valence-electron chi connectivity index (χ0n) is 19.1. The van der Waals surface area contributed by atoms with Crippen molar-refractivity contribution in [2.24, 2.45) is 0 Å². The minimum absolute atomic E-state index is 0.0295. The van der Waals surface area contributed by atoms with E-state index in [9.17, 15) is 22.4 Å². The lowest BCUT2D eigenvalue weighted by Crippen LogP contribution is -2.51. The lowest BCUT2D eigenvalue weighted by molar-refractivity contribution is -0.139. The third-order valence-electron chi connectivity index (χ3n) is 5.15. The number of hydrogen-bond acceptors (Lipinski definition) is 4. The van der Waals surface area contributed by atoms with Gasteiger partial charge in [-0.05, 0) is 56.5 Å². The fraction of sp³-hybridized carbons (Fsp3) is 0.391. The minimum Gasteiger partial charge on any atom is -0.355 e. The zero-order valence-corrected chi connectivity index (χ0v) is 19.9. The first kappa shape index (κ1) is 25.3. The fourth-order valence-electron chi connectivity index (χ4n) is 3.47. The third-order valence-corrected chi connectivity index (χ3v) is 6.26. The largest absolute Gasteiger partial charge is 0.355 e. The number of sulfonamides is 1. The van der Waals surface area contributed by atoms with Gasteiger partial charge in [-0.3, -0.25) is 13.9 Å². The standard InChI is InChI=1S/C23H30FN3O4S/c1-6-25-23(29)18(4)26(14-19-10-12-20(24)13-11-19)21(28)15-27(32(5,30)31)22-16(2)8-7-9-17(22)3/h7-13,18H,6,14-15H2,1-5H3,(H,25,29). The Hall–Kier alpha value is -2.94. The molecule has 2 rings (SSSR count). The Bertz CT molecular complexity index is 1050. The van der Waals surface area contributed by atoms with E-state index in [2.05, 4.69) is 5.32 Å². The Kier molecular flexibility index (Phi) is 8.38. The molecule has 1 unspecified atom stereocenters. The van der Waals surface area contributed by atoms with Crippen LogP contribution in [0.3, 0.4) is 0 Å². The van der Waals surface area contributed by atoms with E-state index < -0.39 is 34.3 Å². The number of rotatable bonds is 9. The number of benzene rings is 2. The summed E-state index contributed by atoms with van der Waals surface area (Å²) in [5, 5.41) is 2.68. The van der Waals surface area contributed by atoms with E-state index in [1.165, 1.54) is 29.2 Å². The van der Waals surface area contributed by atoms with E-state index in [1.807, 2.05) is 6.07 Å². The summed E-state index contributed by atoms with van der Waals surface area (Å²) in [6.07, 6.45) is 1.05. The number of hydrogen-bond donors (Lipinski definition) is 1. The van der Waals surface area contributed by atoms with Crippen molar-refractivity contribution in [3.63, 3.8) is 0 Å². The molecule has 174 valence electrons. The molecule has 1 N–H and O–H groups in total. The smallest absolute Gasteiger partial charge is 0.244 e. The molecule has 0 spiro atoms. The third kappa shape index (κ3) is 6.29. The second-order valence-corrected chi connectivity index (χ2v) is 9.64. The van der Waals surface area contributed by atoms with Gasteiger partial charge in [-0.25, -0.2) is 12.8 Å². The summed E-state index contributed by atoms with van der Waals surface area (Å²) in [7, 11) is -3.79. The van der Waals surface area contributed by atoms with E-state index in [4.69, 9.17) is 0 Å². The number of nitrogens with zero attached hydrogens (tertiary/aromatic N) is 2. The summed E-state index contributed by atoms with van der Waals surface area (Å²) in [5.41, 5.74) is 2.49. The first-order chi connectivity index (χ1) is 15.0. The molecular formula is C23H30FN3O4S. The minimum atomic E-state index is -3.79. The fourth-order valence-corrected chi connectivity index (χ4v) is 4.43. The van der Waals surface area contributed by atoms with Crippen molar-refractivity contribution in [1.29, 1.82) is 0 Å². The van der Waals surface area contributed by atoms with Crippen LogP contribution in [0.4, 0.5) is 10.1 Å². The average Bonchev–Trinajstić information content (AvgIpc) is 2.71. The summed E-state index contributed by atoms with van der Waals surface area (Å²) < 4.78 is 39.7. The van der Waals surface area contributed by atoms with Crippen LogP contribution in [-0.4, -0.2) is 50.5 Å². The van der Waals surface area contributed by atoms with Crippen LogP contribution in [0.5, 0.6) is 0 Å². The molecule has 2 aromatic carbocycles. The zero-order chi connectivity index (χ0) is 24.1. The van der Waals surface area contributed by atoms with Gasteiger partial charge in [0.15, 0.2) is 0 Å². The van der Waals surface area contributed by atoms with Crippen LogP contribution < -0.4 is 9.62 Å². The van der Waals surface area contributed by atoms with E-state index >= 15 is 0 Å². The number of halogens is 1.